The van der Waals surface area contributed by atoms with Gasteiger partial charge in [0.1, 0.15) is 5.82 Å². The van der Waals surface area contributed by atoms with Gasteiger partial charge in [-0.05, 0) is 59.8 Å². The molecule has 5 rings (SSSR count). The molecular weight excluding hydrogens is 510 g/mol. The minimum absolute atomic E-state index is 0. The molecule has 0 spiro atoms. The summed E-state index contributed by atoms with van der Waals surface area (Å²) in [5.41, 5.74) is 6.95. The van der Waals surface area contributed by atoms with Crippen molar-refractivity contribution in [3.63, 3.8) is 0 Å². The molecule has 0 radical (unpaired) electrons. The number of nitrogens with one attached hydrogen (secondary N) is 2. The first-order valence-corrected chi connectivity index (χ1v) is 12.0. The van der Waals surface area contributed by atoms with E-state index in [2.05, 4.69) is 39.9 Å². The molecule has 0 bridgehead atoms. The van der Waals surface area contributed by atoms with Crippen LogP contribution >= 0.6 is 24.8 Å². The number of halogens is 3. The van der Waals surface area contributed by atoms with Crippen LogP contribution in [0.4, 0.5) is 16.0 Å². The number of hydrogen-bond donors (Lipinski definition) is 2. The second-order valence-corrected chi connectivity index (χ2v) is 8.75. The summed E-state index contributed by atoms with van der Waals surface area (Å²) in [4.78, 5) is 9.48. The zero-order valence-corrected chi connectivity index (χ0v) is 22.2. The summed E-state index contributed by atoms with van der Waals surface area (Å²) in [6.07, 6.45) is 3.46. The minimum Gasteiger partial charge on any atom is -0.383 e. The Morgan fingerprint density at radius 1 is 0.946 bits per heavy atom. The van der Waals surface area contributed by atoms with Gasteiger partial charge in [-0.15, -0.1) is 24.8 Å². The van der Waals surface area contributed by atoms with E-state index in [1.165, 1.54) is 11.6 Å². The fourth-order valence-electron chi connectivity index (χ4n) is 4.70. The van der Waals surface area contributed by atoms with Crippen LogP contribution in [0, 0.1) is 5.82 Å². The maximum atomic E-state index is 14.7. The first-order valence-electron chi connectivity index (χ1n) is 12.0. The van der Waals surface area contributed by atoms with Crippen LogP contribution in [0.2, 0.25) is 0 Å². The Morgan fingerprint density at radius 2 is 1.73 bits per heavy atom. The van der Waals surface area contributed by atoms with Crippen LogP contribution in [0.1, 0.15) is 28.2 Å². The molecule has 3 aromatic carbocycles. The first-order chi connectivity index (χ1) is 17.2. The Balaban J connectivity index is 0.00000190. The van der Waals surface area contributed by atoms with Gasteiger partial charge in [-0.1, -0.05) is 54.6 Å². The molecule has 37 heavy (non-hydrogen) atoms. The number of hydrogen-bond acceptors (Lipinski definition) is 5. The largest absolute Gasteiger partial charge is 0.383 e. The van der Waals surface area contributed by atoms with Gasteiger partial charge in [0.25, 0.3) is 0 Å². The minimum atomic E-state index is -0.177. The Labute approximate surface area is 229 Å². The lowest BCUT2D eigenvalue weighted by Gasteiger charge is -2.27. The fourth-order valence-corrected chi connectivity index (χ4v) is 4.70. The highest BCUT2D eigenvalue weighted by Crippen LogP contribution is 2.42. The third kappa shape index (κ3) is 6.65. The van der Waals surface area contributed by atoms with Gasteiger partial charge in [0.2, 0.25) is 5.95 Å². The summed E-state index contributed by atoms with van der Waals surface area (Å²) in [6, 6.07) is 23.5. The third-order valence-corrected chi connectivity index (χ3v) is 6.42. The third-order valence-electron chi connectivity index (χ3n) is 6.42. The molecule has 0 fully saturated rings. The molecule has 5 nitrogen and oxygen atoms in total. The molecule has 2 N–H and O–H groups in total. The Kier molecular flexibility index (Phi) is 10.4. The lowest BCUT2D eigenvalue weighted by atomic mass is 9.78. The van der Waals surface area contributed by atoms with E-state index < -0.39 is 0 Å². The molecule has 0 saturated carbocycles. The van der Waals surface area contributed by atoms with Crippen molar-refractivity contribution in [2.75, 3.05) is 32.1 Å². The fraction of sp³-hybridized carbons (Fsp3) is 0.241. The van der Waals surface area contributed by atoms with E-state index in [0.717, 1.165) is 47.6 Å². The zero-order valence-electron chi connectivity index (χ0n) is 20.6. The maximum absolute atomic E-state index is 14.7. The summed E-state index contributed by atoms with van der Waals surface area (Å²) in [6.45, 7) is 2.44. The van der Waals surface area contributed by atoms with E-state index in [4.69, 9.17) is 9.72 Å². The summed E-state index contributed by atoms with van der Waals surface area (Å²) < 4.78 is 19.7. The monoisotopic (exact) mass is 540 g/mol. The highest BCUT2D eigenvalue weighted by Gasteiger charge is 2.28. The smallest absolute Gasteiger partial charge is 0.227 e. The van der Waals surface area contributed by atoms with Crippen LogP contribution in [0.3, 0.4) is 0 Å². The summed E-state index contributed by atoms with van der Waals surface area (Å²) in [5, 5.41) is 6.74. The normalized spacial score (nSPS) is 13.5. The number of nitrogens with zero attached hydrogens (tertiary/aromatic N) is 2. The Bertz CT molecular complexity index is 1320. The SMILES string of the molecule is COCCNCCc1cccc(Nc2ncc3c(n2)-c2ccccc2[C@H](c2ccccc2F)C3)c1.Cl.Cl. The lowest BCUT2D eigenvalue weighted by molar-refractivity contribution is 0.199. The van der Waals surface area contributed by atoms with Gasteiger partial charge in [-0.3, -0.25) is 0 Å². The topological polar surface area (TPSA) is 59.1 Å². The molecule has 0 aliphatic heterocycles. The van der Waals surface area contributed by atoms with Gasteiger partial charge >= 0.3 is 0 Å². The van der Waals surface area contributed by atoms with E-state index in [-0.39, 0.29) is 36.5 Å². The molecule has 8 heteroatoms. The average Bonchev–Trinajstić information content (AvgIpc) is 2.89. The standard InChI is InChI=1S/C29H29FN4O.2ClH/c1-35-16-15-31-14-13-20-7-6-8-22(17-20)33-29-32-19-21-18-26(24-10-4-5-12-27(24)30)23-9-2-3-11-25(23)28(21)34-29;;/h2-12,17,19,26,31H,13-16,18H2,1H3,(H,32,33,34);2*1H/t26-;;/m1../s1. The van der Waals surface area contributed by atoms with E-state index in [9.17, 15) is 4.39 Å². The van der Waals surface area contributed by atoms with Gasteiger partial charge in [0.05, 0.1) is 12.3 Å². The van der Waals surface area contributed by atoms with Gasteiger partial charge in [-0.25, -0.2) is 14.4 Å². The van der Waals surface area contributed by atoms with Crippen LogP contribution in [-0.2, 0) is 17.6 Å². The van der Waals surface area contributed by atoms with Gasteiger partial charge in [-0.2, -0.15) is 0 Å². The Hall–Kier alpha value is -3.03. The number of aromatic nitrogens is 2. The van der Waals surface area contributed by atoms with Crippen LogP contribution in [-0.4, -0.2) is 36.8 Å². The second-order valence-electron chi connectivity index (χ2n) is 8.75. The molecule has 1 aliphatic carbocycles. The number of methoxy groups -OCH3 is 1. The lowest BCUT2D eigenvalue weighted by Crippen LogP contribution is -2.21. The van der Waals surface area contributed by atoms with Crippen molar-refractivity contribution in [3.05, 3.63) is 107 Å². The molecule has 1 heterocycles. The predicted molar refractivity (Wildman–Crippen MR) is 152 cm³/mol. The van der Waals surface area contributed by atoms with Gasteiger partial charge < -0.3 is 15.4 Å². The van der Waals surface area contributed by atoms with Crippen LogP contribution in [0.15, 0.2) is 79.0 Å². The van der Waals surface area contributed by atoms with Crippen LogP contribution in [0.5, 0.6) is 0 Å². The van der Waals surface area contributed by atoms with Crippen LogP contribution < -0.4 is 10.6 Å². The second kappa shape index (κ2) is 13.5. The molecule has 194 valence electrons. The van der Waals surface area contributed by atoms with Crippen LogP contribution in [0.25, 0.3) is 11.3 Å². The highest BCUT2D eigenvalue weighted by molar-refractivity contribution is 5.85. The van der Waals surface area contributed by atoms with E-state index >= 15 is 0 Å². The van der Waals surface area contributed by atoms with Gasteiger partial charge in [0, 0.05) is 37.0 Å². The number of benzene rings is 3. The molecule has 0 saturated heterocycles. The van der Waals surface area contributed by atoms with Crippen molar-refractivity contribution in [3.8, 4) is 11.3 Å². The predicted octanol–water partition coefficient (Wildman–Crippen LogP) is 6.34. The van der Waals surface area contributed by atoms with Crippen molar-refractivity contribution in [2.24, 2.45) is 0 Å². The molecule has 0 unspecified atom stereocenters. The van der Waals surface area contributed by atoms with Gasteiger partial charge in [0.15, 0.2) is 0 Å². The van der Waals surface area contributed by atoms with Crippen molar-refractivity contribution in [2.45, 2.75) is 18.8 Å². The Morgan fingerprint density at radius 3 is 2.54 bits per heavy atom. The quantitative estimate of drug-likeness (QED) is 0.243. The summed E-state index contributed by atoms with van der Waals surface area (Å²) in [7, 11) is 1.71. The number of anilines is 2. The molecule has 4 aromatic rings. The van der Waals surface area contributed by atoms with E-state index in [1.54, 1.807) is 13.2 Å². The highest BCUT2D eigenvalue weighted by atomic mass is 35.5. The maximum Gasteiger partial charge on any atom is 0.227 e. The molecular formula is C29H31Cl2FN4O. The molecule has 0 amide bonds. The number of ether oxygens (including phenoxy) is 1. The van der Waals surface area contributed by atoms with E-state index in [0.29, 0.717) is 24.5 Å². The zero-order chi connectivity index (χ0) is 24.0. The average molecular weight is 541 g/mol. The summed E-state index contributed by atoms with van der Waals surface area (Å²) >= 11 is 0. The molecule has 1 aliphatic rings. The number of rotatable bonds is 9. The molecule has 1 aromatic heterocycles. The van der Waals surface area contributed by atoms with Crippen molar-refractivity contribution in [1.82, 2.24) is 15.3 Å². The summed E-state index contributed by atoms with van der Waals surface area (Å²) in [5.74, 6) is 0.318. The van der Waals surface area contributed by atoms with E-state index in [1.807, 2.05) is 42.6 Å². The van der Waals surface area contributed by atoms with Crippen molar-refractivity contribution >= 4 is 36.4 Å². The van der Waals surface area contributed by atoms with Crippen molar-refractivity contribution in [1.29, 1.82) is 0 Å². The van der Waals surface area contributed by atoms with Crippen molar-refractivity contribution < 1.29 is 9.13 Å². The number of fused-ring (bicyclic) bond motifs is 3. The first kappa shape index (κ1) is 28.5. The molecule has 1 atom stereocenters.